The number of benzene rings is 3. The molecule has 4 aromatic rings. The number of rotatable bonds is 18. The topological polar surface area (TPSA) is 136 Å². The Morgan fingerprint density at radius 2 is 1.40 bits per heavy atom. The molecule has 2 aliphatic rings. The molecule has 57 heavy (non-hydrogen) atoms. The molecule has 6 rings (SSSR count). The SMILES string of the molecule is CC[C@@H](C[C@H](O)[C@H](CC1CCCCC1)NC(=O)[C@H](Cc1c[nH]cn1)NC(=O)[C@H](Cc1ccccc1)NC(=O)CC1c2ccccc2CCc2ccccc21)C(C)C. The minimum Gasteiger partial charge on any atom is -0.391 e. The predicted octanol–water partition coefficient (Wildman–Crippen LogP) is 7.37. The minimum absolute atomic E-state index is 0.151. The average molecular weight is 774 g/mol. The number of aryl methyl sites for hydroxylation is 2. The molecule has 1 saturated carbocycles. The summed E-state index contributed by atoms with van der Waals surface area (Å²) in [6.07, 6.45) is 12.9. The quantitative estimate of drug-likeness (QED) is 0.0720. The molecule has 1 aromatic heterocycles. The van der Waals surface area contributed by atoms with Crippen LogP contribution in [0.1, 0.15) is 118 Å². The molecule has 0 unspecified atom stereocenters. The van der Waals surface area contributed by atoms with E-state index in [0.717, 1.165) is 61.6 Å². The predicted molar refractivity (Wildman–Crippen MR) is 225 cm³/mol. The number of imidazole rings is 1. The summed E-state index contributed by atoms with van der Waals surface area (Å²) in [6, 6.07) is 23.9. The van der Waals surface area contributed by atoms with Gasteiger partial charge < -0.3 is 26.0 Å². The summed E-state index contributed by atoms with van der Waals surface area (Å²) < 4.78 is 0. The van der Waals surface area contributed by atoms with Gasteiger partial charge in [-0.15, -0.1) is 0 Å². The van der Waals surface area contributed by atoms with Crippen LogP contribution in [0.5, 0.6) is 0 Å². The van der Waals surface area contributed by atoms with Crippen molar-refractivity contribution in [1.82, 2.24) is 25.9 Å². The van der Waals surface area contributed by atoms with Crippen molar-refractivity contribution in [3.8, 4) is 0 Å². The Bertz CT molecular complexity index is 1820. The first-order valence-corrected chi connectivity index (χ1v) is 21.4. The van der Waals surface area contributed by atoms with Gasteiger partial charge in [0.2, 0.25) is 17.7 Å². The molecule has 0 saturated heterocycles. The number of aromatic nitrogens is 2. The highest BCUT2D eigenvalue weighted by Crippen LogP contribution is 2.36. The Kier molecular flexibility index (Phi) is 15.1. The molecule has 5 atom stereocenters. The lowest BCUT2D eigenvalue weighted by atomic mass is 9.80. The summed E-state index contributed by atoms with van der Waals surface area (Å²) in [5, 5.41) is 21.1. The number of nitrogens with one attached hydrogen (secondary N) is 4. The maximum Gasteiger partial charge on any atom is 0.243 e. The number of aliphatic hydroxyl groups excluding tert-OH is 1. The number of hydrogen-bond donors (Lipinski definition) is 5. The number of fused-ring (bicyclic) bond motifs is 2. The molecular weight excluding hydrogens is 711 g/mol. The largest absolute Gasteiger partial charge is 0.391 e. The molecule has 9 nitrogen and oxygen atoms in total. The number of aliphatic hydroxyl groups is 1. The Hall–Kier alpha value is -4.76. The van der Waals surface area contributed by atoms with Gasteiger partial charge >= 0.3 is 0 Å². The number of carbonyl (C=O) groups excluding carboxylic acids is 3. The second kappa shape index (κ2) is 20.6. The van der Waals surface area contributed by atoms with Crippen LogP contribution in [-0.4, -0.2) is 57.0 Å². The summed E-state index contributed by atoms with van der Waals surface area (Å²) in [7, 11) is 0. The zero-order chi connectivity index (χ0) is 40.1. The summed E-state index contributed by atoms with van der Waals surface area (Å²) in [6.45, 7) is 6.52. The van der Waals surface area contributed by atoms with Gasteiger partial charge in [-0.1, -0.05) is 138 Å². The molecular formula is C48H63N5O4. The molecule has 3 aromatic carbocycles. The first-order valence-electron chi connectivity index (χ1n) is 21.4. The van der Waals surface area contributed by atoms with Crippen LogP contribution in [0.3, 0.4) is 0 Å². The molecule has 0 bridgehead atoms. The van der Waals surface area contributed by atoms with Crippen molar-refractivity contribution in [1.29, 1.82) is 0 Å². The number of nitrogens with zero attached hydrogens (tertiary/aromatic N) is 1. The molecule has 5 N–H and O–H groups in total. The normalized spacial score (nSPS) is 17.3. The maximum absolute atomic E-state index is 14.5. The van der Waals surface area contributed by atoms with Crippen LogP contribution in [-0.2, 0) is 40.1 Å². The van der Waals surface area contributed by atoms with Crippen LogP contribution in [0, 0.1) is 17.8 Å². The highest BCUT2D eigenvalue weighted by atomic mass is 16.3. The van der Waals surface area contributed by atoms with E-state index in [1.165, 1.54) is 17.5 Å². The maximum atomic E-state index is 14.5. The monoisotopic (exact) mass is 773 g/mol. The van der Waals surface area contributed by atoms with Gasteiger partial charge in [-0.2, -0.15) is 0 Å². The lowest BCUT2D eigenvalue weighted by molar-refractivity contribution is -0.132. The standard InChI is InChI=1S/C48H63N5O4/c1-4-35(32(2)3)27-45(54)42(25-33-15-7-5-8-16-33)52-48(57)44(28-38-30-49-31-50-38)53-47(56)43(26-34-17-9-6-10-18-34)51-46(55)29-41-39-21-13-11-19-36(39)23-24-37-20-12-14-22-40(37)41/h6,9-14,17-22,30-33,35,41-45,54H,4-5,7-8,15-16,23-29H2,1-3H3,(H,49,50)(H,51,55)(H,52,57)(H,53,56)/t35-,42-,43-,44-,45-/m0/s1. The van der Waals surface area contributed by atoms with Crippen molar-refractivity contribution in [3.63, 3.8) is 0 Å². The van der Waals surface area contributed by atoms with Crippen molar-refractivity contribution in [2.75, 3.05) is 0 Å². The van der Waals surface area contributed by atoms with Gasteiger partial charge in [0.1, 0.15) is 12.1 Å². The lowest BCUT2D eigenvalue weighted by Crippen LogP contribution is -2.57. The summed E-state index contributed by atoms with van der Waals surface area (Å²) in [5.74, 6) is -0.0369. The van der Waals surface area contributed by atoms with Crippen LogP contribution in [0.2, 0.25) is 0 Å². The average Bonchev–Trinajstić information content (AvgIpc) is 3.69. The van der Waals surface area contributed by atoms with E-state index in [1.54, 1.807) is 12.5 Å². The molecule has 0 spiro atoms. The van der Waals surface area contributed by atoms with Gasteiger partial charge in [0.25, 0.3) is 0 Å². The van der Waals surface area contributed by atoms with Crippen molar-refractivity contribution in [2.24, 2.45) is 17.8 Å². The molecule has 1 fully saturated rings. The highest BCUT2D eigenvalue weighted by Gasteiger charge is 2.34. The molecule has 304 valence electrons. The van der Waals surface area contributed by atoms with Crippen molar-refractivity contribution < 1.29 is 19.5 Å². The van der Waals surface area contributed by atoms with E-state index in [0.29, 0.717) is 36.3 Å². The minimum atomic E-state index is -0.982. The van der Waals surface area contributed by atoms with E-state index in [9.17, 15) is 19.5 Å². The molecule has 1 heterocycles. The fourth-order valence-corrected chi connectivity index (χ4v) is 9.21. The summed E-state index contributed by atoms with van der Waals surface area (Å²) in [5.41, 5.74) is 6.27. The molecule has 0 radical (unpaired) electrons. The molecule has 3 amide bonds. The van der Waals surface area contributed by atoms with Crippen LogP contribution in [0.15, 0.2) is 91.4 Å². The van der Waals surface area contributed by atoms with Gasteiger partial charge in [-0.05, 0) is 71.3 Å². The van der Waals surface area contributed by atoms with Crippen molar-refractivity contribution in [2.45, 2.75) is 134 Å². The lowest BCUT2D eigenvalue weighted by Gasteiger charge is -2.33. The second-order valence-corrected chi connectivity index (χ2v) is 16.9. The summed E-state index contributed by atoms with van der Waals surface area (Å²) in [4.78, 5) is 50.4. The van der Waals surface area contributed by atoms with Crippen LogP contribution in [0.4, 0.5) is 0 Å². The first kappa shape index (κ1) is 41.9. The Balaban J connectivity index is 1.23. The number of aromatic amines is 1. The van der Waals surface area contributed by atoms with E-state index >= 15 is 0 Å². The Morgan fingerprint density at radius 1 is 0.789 bits per heavy atom. The fourth-order valence-electron chi connectivity index (χ4n) is 9.21. The van der Waals surface area contributed by atoms with Crippen LogP contribution < -0.4 is 16.0 Å². The first-order chi connectivity index (χ1) is 27.7. The van der Waals surface area contributed by atoms with E-state index in [1.807, 2.05) is 54.6 Å². The van der Waals surface area contributed by atoms with E-state index < -0.39 is 30.1 Å². The van der Waals surface area contributed by atoms with Crippen molar-refractivity contribution >= 4 is 17.7 Å². The zero-order valence-electron chi connectivity index (χ0n) is 34.1. The van der Waals surface area contributed by atoms with E-state index in [2.05, 4.69) is 71.0 Å². The van der Waals surface area contributed by atoms with Gasteiger partial charge in [-0.25, -0.2) is 4.98 Å². The third kappa shape index (κ3) is 11.7. The van der Waals surface area contributed by atoms with Crippen LogP contribution >= 0.6 is 0 Å². The zero-order valence-corrected chi connectivity index (χ0v) is 34.1. The third-order valence-electron chi connectivity index (χ3n) is 12.6. The Morgan fingerprint density at radius 3 is 2.02 bits per heavy atom. The second-order valence-electron chi connectivity index (χ2n) is 16.9. The van der Waals surface area contributed by atoms with Crippen molar-refractivity contribution in [3.05, 3.63) is 125 Å². The van der Waals surface area contributed by atoms with Gasteiger partial charge in [0.15, 0.2) is 0 Å². The highest BCUT2D eigenvalue weighted by molar-refractivity contribution is 5.92. The molecule has 9 heteroatoms. The summed E-state index contributed by atoms with van der Waals surface area (Å²) >= 11 is 0. The number of H-pyrrole nitrogens is 1. The number of carbonyl (C=O) groups is 3. The van der Waals surface area contributed by atoms with E-state index in [4.69, 9.17) is 0 Å². The Labute approximate surface area is 339 Å². The van der Waals surface area contributed by atoms with Crippen LogP contribution in [0.25, 0.3) is 0 Å². The number of amides is 3. The fraction of sp³-hybridized carbons (Fsp3) is 0.500. The van der Waals surface area contributed by atoms with Gasteiger partial charge in [0, 0.05) is 31.4 Å². The van der Waals surface area contributed by atoms with Gasteiger partial charge in [0.05, 0.1) is 24.2 Å². The third-order valence-corrected chi connectivity index (χ3v) is 12.6. The van der Waals surface area contributed by atoms with E-state index in [-0.39, 0.29) is 37.0 Å². The number of hydrogen-bond acceptors (Lipinski definition) is 5. The molecule has 2 aliphatic carbocycles. The smallest absolute Gasteiger partial charge is 0.243 e. The molecule has 0 aliphatic heterocycles. The van der Waals surface area contributed by atoms with Gasteiger partial charge in [-0.3, -0.25) is 14.4 Å².